The molecule has 3 rings (SSSR count). The van der Waals surface area contributed by atoms with Crippen molar-refractivity contribution in [1.82, 2.24) is 0 Å². The number of nitrogens with zero attached hydrogens (tertiary/aromatic N) is 1. The molecule has 1 N–H and O–H groups in total. The fraction of sp³-hybridized carbons (Fsp3) is 0.235. The van der Waals surface area contributed by atoms with E-state index in [4.69, 9.17) is 0 Å². The SMILES string of the molecule is CN1C(=O)CCc2cc(S(=O)(=O)Nc3cccc(C(F)(F)F)c3)ccc21. The number of nitrogens with one attached hydrogen (secondary N) is 1. The van der Waals surface area contributed by atoms with E-state index in [0.29, 0.717) is 17.7 Å². The third-order valence-corrected chi connectivity index (χ3v) is 5.53. The molecule has 1 aliphatic rings. The monoisotopic (exact) mass is 384 g/mol. The zero-order chi connectivity index (χ0) is 19.1. The number of amides is 1. The summed E-state index contributed by atoms with van der Waals surface area (Å²) < 4.78 is 65.5. The second kappa shape index (κ2) is 6.31. The van der Waals surface area contributed by atoms with E-state index in [9.17, 15) is 26.4 Å². The Morgan fingerprint density at radius 3 is 2.50 bits per heavy atom. The maximum absolute atomic E-state index is 12.8. The number of hydrogen-bond donors (Lipinski definition) is 1. The summed E-state index contributed by atoms with van der Waals surface area (Å²) in [6.45, 7) is 0. The van der Waals surface area contributed by atoms with E-state index in [1.807, 2.05) is 0 Å². The van der Waals surface area contributed by atoms with Crippen LogP contribution in [0.4, 0.5) is 24.5 Å². The number of sulfonamides is 1. The molecule has 0 saturated carbocycles. The van der Waals surface area contributed by atoms with Gasteiger partial charge in [0.05, 0.1) is 10.5 Å². The van der Waals surface area contributed by atoms with E-state index in [1.165, 1.54) is 29.2 Å². The Morgan fingerprint density at radius 1 is 1.08 bits per heavy atom. The number of halogens is 3. The van der Waals surface area contributed by atoms with Gasteiger partial charge < -0.3 is 4.90 Å². The van der Waals surface area contributed by atoms with Crippen LogP contribution in [0.3, 0.4) is 0 Å². The summed E-state index contributed by atoms with van der Waals surface area (Å²) in [4.78, 5) is 13.1. The fourth-order valence-electron chi connectivity index (χ4n) is 2.77. The summed E-state index contributed by atoms with van der Waals surface area (Å²) >= 11 is 0. The minimum Gasteiger partial charge on any atom is -0.315 e. The molecule has 0 unspecified atom stereocenters. The van der Waals surface area contributed by atoms with Crippen LogP contribution in [0.25, 0.3) is 0 Å². The average Bonchev–Trinajstić information content (AvgIpc) is 2.57. The molecule has 26 heavy (non-hydrogen) atoms. The van der Waals surface area contributed by atoms with Crippen LogP contribution < -0.4 is 9.62 Å². The number of aryl methyl sites for hydroxylation is 1. The molecule has 5 nitrogen and oxygen atoms in total. The van der Waals surface area contributed by atoms with Gasteiger partial charge in [0.25, 0.3) is 10.0 Å². The lowest BCUT2D eigenvalue weighted by molar-refractivity contribution is -0.137. The second-order valence-electron chi connectivity index (χ2n) is 5.93. The summed E-state index contributed by atoms with van der Waals surface area (Å²) in [5.74, 6) is -0.0600. The first-order valence-electron chi connectivity index (χ1n) is 7.67. The Morgan fingerprint density at radius 2 is 1.81 bits per heavy atom. The first-order valence-corrected chi connectivity index (χ1v) is 9.16. The molecular weight excluding hydrogens is 369 g/mol. The van der Waals surface area contributed by atoms with Crippen molar-refractivity contribution < 1.29 is 26.4 Å². The van der Waals surface area contributed by atoms with Crippen molar-refractivity contribution in [3.8, 4) is 0 Å². The Labute approximate surface area is 148 Å². The number of benzene rings is 2. The van der Waals surface area contributed by atoms with Crippen LogP contribution >= 0.6 is 0 Å². The van der Waals surface area contributed by atoms with Crippen molar-refractivity contribution in [2.45, 2.75) is 23.9 Å². The third-order valence-electron chi connectivity index (χ3n) is 4.15. The maximum atomic E-state index is 12.8. The fourth-order valence-corrected chi connectivity index (χ4v) is 3.87. The lowest BCUT2D eigenvalue weighted by atomic mass is 10.0. The summed E-state index contributed by atoms with van der Waals surface area (Å²) in [7, 11) is -2.45. The Kier molecular flexibility index (Phi) is 4.43. The van der Waals surface area contributed by atoms with Gasteiger partial charge in [-0.2, -0.15) is 13.2 Å². The summed E-state index contributed by atoms with van der Waals surface area (Å²) in [6, 6.07) is 8.27. The van der Waals surface area contributed by atoms with Gasteiger partial charge in [-0.15, -0.1) is 0 Å². The van der Waals surface area contributed by atoms with E-state index in [0.717, 1.165) is 18.2 Å². The quantitative estimate of drug-likeness (QED) is 0.882. The molecule has 2 aromatic carbocycles. The molecule has 0 saturated heterocycles. The van der Waals surface area contributed by atoms with Crippen molar-refractivity contribution >= 4 is 27.3 Å². The lowest BCUT2D eigenvalue weighted by Crippen LogP contribution is -2.31. The second-order valence-corrected chi connectivity index (χ2v) is 7.61. The smallest absolute Gasteiger partial charge is 0.315 e. The van der Waals surface area contributed by atoms with Gasteiger partial charge in [-0.3, -0.25) is 9.52 Å². The highest BCUT2D eigenvalue weighted by Gasteiger charge is 2.31. The molecule has 0 radical (unpaired) electrons. The number of rotatable bonds is 3. The van der Waals surface area contributed by atoms with Crippen LogP contribution in [0.15, 0.2) is 47.4 Å². The Bertz CT molecular complexity index is 971. The van der Waals surface area contributed by atoms with E-state index in [2.05, 4.69) is 4.72 Å². The van der Waals surface area contributed by atoms with Gasteiger partial charge in [0.2, 0.25) is 5.91 Å². The van der Waals surface area contributed by atoms with Gasteiger partial charge in [-0.25, -0.2) is 8.42 Å². The molecule has 0 aromatic heterocycles. The Balaban J connectivity index is 1.91. The summed E-state index contributed by atoms with van der Waals surface area (Å²) in [5.41, 5.74) is 0.200. The molecule has 9 heteroatoms. The number of anilines is 2. The van der Waals surface area contributed by atoms with Gasteiger partial charge in [0.15, 0.2) is 0 Å². The number of carbonyl (C=O) groups excluding carboxylic acids is 1. The van der Waals surface area contributed by atoms with Crippen LogP contribution in [-0.2, 0) is 27.4 Å². The van der Waals surface area contributed by atoms with Gasteiger partial charge in [0, 0.05) is 24.8 Å². The van der Waals surface area contributed by atoms with E-state index in [-0.39, 0.29) is 22.9 Å². The predicted molar refractivity (Wildman–Crippen MR) is 90.4 cm³/mol. The molecule has 1 heterocycles. The average molecular weight is 384 g/mol. The van der Waals surface area contributed by atoms with Crippen LogP contribution in [0.2, 0.25) is 0 Å². The maximum Gasteiger partial charge on any atom is 0.416 e. The van der Waals surface area contributed by atoms with Gasteiger partial charge in [0.1, 0.15) is 0 Å². The number of fused-ring (bicyclic) bond motifs is 1. The van der Waals surface area contributed by atoms with Gasteiger partial charge >= 0.3 is 6.18 Å². The topological polar surface area (TPSA) is 66.5 Å². The minimum atomic E-state index is -4.57. The molecule has 1 aliphatic heterocycles. The molecule has 0 atom stereocenters. The molecule has 0 bridgehead atoms. The summed E-state index contributed by atoms with van der Waals surface area (Å²) in [5, 5.41) is 0. The van der Waals surface area contributed by atoms with Crippen LogP contribution in [0.1, 0.15) is 17.5 Å². The third kappa shape index (κ3) is 3.52. The highest BCUT2D eigenvalue weighted by atomic mass is 32.2. The molecule has 0 fully saturated rings. The first-order chi connectivity index (χ1) is 12.1. The lowest BCUT2D eigenvalue weighted by Gasteiger charge is -2.26. The van der Waals surface area contributed by atoms with Crippen molar-refractivity contribution in [1.29, 1.82) is 0 Å². The first kappa shape index (κ1) is 18.2. The summed E-state index contributed by atoms with van der Waals surface area (Å²) in [6.07, 6.45) is -3.89. The molecule has 0 spiro atoms. The minimum absolute atomic E-state index is 0.0600. The normalized spacial score (nSPS) is 14.9. The van der Waals surface area contributed by atoms with E-state index >= 15 is 0 Å². The molecular formula is C17H15F3N2O3S. The predicted octanol–water partition coefficient (Wildman–Crippen LogP) is 3.42. The van der Waals surface area contributed by atoms with Crippen LogP contribution in [-0.4, -0.2) is 21.4 Å². The molecule has 138 valence electrons. The van der Waals surface area contributed by atoms with Crippen molar-refractivity contribution in [3.63, 3.8) is 0 Å². The van der Waals surface area contributed by atoms with Crippen molar-refractivity contribution in [2.75, 3.05) is 16.7 Å². The molecule has 2 aromatic rings. The van der Waals surface area contributed by atoms with Gasteiger partial charge in [-0.1, -0.05) is 6.07 Å². The Hall–Kier alpha value is -2.55. The zero-order valence-electron chi connectivity index (χ0n) is 13.7. The van der Waals surface area contributed by atoms with Crippen LogP contribution in [0.5, 0.6) is 0 Å². The van der Waals surface area contributed by atoms with Gasteiger partial charge in [-0.05, 0) is 48.4 Å². The van der Waals surface area contributed by atoms with Crippen molar-refractivity contribution in [2.24, 2.45) is 0 Å². The number of hydrogen-bond acceptors (Lipinski definition) is 3. The largest absolute Gasteiger partial charge is 0.416 e. The van der Waals surface area contributed by atoms with E-state index < -0.39 is 21.8 Å². The van der Waals surface area contributed by atoms with Crippen molar-refractivity contribution in [3.05, 3.63) is 53.6 Å². The standard InChI is InChI=1S/C17H15F3N2O3S/c1-22-15-7-6-14(9-11(15)5-8-16(22)23)26(24,25)21-13-4-2-3-12(10-13)17(18,19)20/h2-4,6-7,9-10,21H,5,8H2,1H3. The highest BCUT2D eigenvalue weighted by Crippen LogP contribution is 2.32. The number of carbonyl (C=O) groups is 1. The molecule has 0 aliphatic carbocycles. The molecule has 1 amide bonds. The van der Waals surface area contributed by atoms with E-state index in [1.54, 1.807) is 7.05 Å². The zero-order valence-corrected chi connectivity index (χ0v) is 14.5. The highest BCUT2D eigenvalue weighted by molar-refractivity contribution is 7.92. The number of alkyl halides is 3. The van der Waals surface area contributed by atoms with Crippen LogP contribution in [0, 0.1) is 0 Å².